The SMILES string of the molecule is Cl.Nc1cccc(CC(=O)Nc2ccc(N3CCCCC3)nc2)c1. The molecule has 1 saturated heterocycles. The molecule has 0 unspecified atom stereocenters. The highest BCUT2D eigenvalue weighted by Crippen LogP contribution is 2.19. The molecule has 0 radical (unpaired) electrons. The summed E-state index contributed by atoms with van der Waals surface area (Å²) in [7, 11) is 0. The molecule has 1 aliphatic rings. The second kappa shape index (κ2) is 8.55. The average Bonchev–Trinajstić information content (AvgIpc) is 2.56. The monoisotopic (exact) mass is 346 g/mol. The van der Waals surface area contributed by atoms with Gasteiger partial charge in [0.25, 0.3) is 0 Å². The minimum absolute atomic E-state index is 0. The van der Waals surface area contributed by atoms with Crippen LogP contribution >= 0.6 is 12.4 Å². The van der Waals surface area contributed by atoms with E-state index in [-0.39, 0.29) is 18.3 Å². The Morgan fingerprint density at radius 1 is 1.17 bits per heavy atom. The Kier molecular flexibility index (Phi) is 6.44. The standard InChI is InChI=1S/C18H22N4O.ClH/c19-15-6-4-5-14(11-15)12-18(23)21-16-7-8-17(20-13-16)22-9-2-1-3-10-22;/h4-8,11,13H,1-3,9-10,12,19H2,(H,21,23);1H. The Bertz CT molecular complexity index is 669. The van der Waals surface area contributed by atoms with Gasteiger partial charge in [-0.05, 0) is 49.1 Å². The molecule has 0 bridgehead atoms. The molecule has 1 fully saturated rings. The van der Waals surface area contributed by atoms with Crippen molar-refractivity contribution in [1.29, 1.82) is 0 Å². The van der Waals surface area contributed by atoms with Crippen molar-refractivity contribution in [2.75, 3.05) is 29.0 Å². The molecule has 2 heterocycles. The van der Waals surface area contributed by atoms with Crippen molar-refractivity contribution in [3.63, 3.8) is 0 Å². The van der Waals surface area contributed by atoms with E-state index in [4.69, 9.17) is 5.73 Å². The highest BCUT2D eigenvalue weighted by atomic mass is 35.5. The van der Waals surface area contributed by atoms with Gasteiger partial charge in [0, 0.05) is 18.8 Å². The Balaban J connectivity index is 0.00000208. The summed E-state index contributed by atoms with van der Waals surface area (Å²) in [6.45, 7) is 2.13. The molecule has 2 aromatic rings. The van der Waals surface area contributed by atoms with Crippen LogP contribution in [0.25, 0.3) is 0 Å². The van der Waals surface area contributed by atoms with Crippen LogP contribution < -0.4 is 16.0 Å². The fraction of sp³-hybridized carbons (Fsp3) is 0.333. The van der Waals surface area contributed by atoms with Crippen LogP contribution in [0.5, 0.6) is 0 Å². The van der Waals surface area contributed by atoms with E-state index < -0.39 is 0 Å². The van der Waals surface area contributed by atoms with Crippen LogP contribution in [0.3, 0.4) is 0 Å². The van der Waals surface area contributed by atoms with E-state index in [0.29, 0.717) is 12.1 Å². The van der Waals surface area contributed by atoms with Crippen LogP contribution in [0.15, 0.2) is 42.6 Å². The Hall–Kier alpha value is -2.27. The van der Waals surface area contributed by atoms with E-state index in [0.717, 1.165) is 30.2 Å². The number of carbonyl (C=O) groups excluding carboxylic acids is 1. The number of halogens is 1. The van der Waals surface area contributed by atoms with Crippen molar-refractivity contribution in [3.8, 4) is 0 Å². The van der Waals surface area contributed by atoms with E-state index >= 15 is 0 Å². The summed E-state index contributed by atoms with van der Waals surface area (Å²) in [5.74, 6) is 0.918. The van der Waals surface area contributed by atoms with Crippen LogP contribution in [0, 0.1) is 0 Å². The van der Waals surface area contributed by atoms with E-state index in [1.807, 2.05) is 36.4 Å². The minimum Gasteiger partial charge on any atom is -0.399 e. The summed E-state index contributed by atoms with van der Waals surface area (Å²) in [5.41, 5.74) is 8.02. The number of nitrogen functional groups attached to an aromatic ring is 1. The number of aromatic nitrogens is 1. The first kappa shape index (κ1) is 18.1. The number of nitrogens with one attached hydrogen (secondary N) is 1. The molecule has 1 aromatic heterocycles. The zero-order valence-electron chi connectivity index (χ0n) is 13.6. The molecule has 0 saturated carbocycles. The highest BCUT2D eigenvalue weighted by Gasteiger charge is 2.12. The Morgan fingerprint density at radius 3 is 2.62 bits per heavy atom. The topological polar surface area (TPSA) is 71.2 Å². The summed E-state index contributed by atoms with van der Waals surface area (Å²) in [5, 5.41) is 2.88. The molecule has 0 spiro atoms. The van der Waals surface area contributed by atoms with Crippen LogP contribution in [0.2, 0.25) is 0 Å². The van der Waals surface area contributed by atoms with Gasteiger partial charge < -0.3 is 16.0 Å². The van der Waals surface area contributed by atoms with Gasteiger partial charge in [0.15, 0.2) is 0 Å². The quantitative estimate of drug-likeness (QED) is 0.833. The second-order valence-electron chi connectivity index (χ2n) is 5.92. The van der Waals surface area contributed by atoms with Crippen LogP contribution in [-0.4, -0.2) is 24.0 Å². The molecule has 3 rings (SSSR count). The molecule has 1 aliphatic heterocycles. The van der Waals surface area contributed by atoms with Crippen molar-refractivity contribution in [3.05, 3.63) is 48.2 Å². The highest BCUT2D eigenvalue weighted by molar-refractivity contribution is 5.92. The number of hydrogen-bond acceptors (Lipinski definition) is 4. The van der Waals surface area contributed by atoms with Gasteiger partial charge in [0.2, 0.25) is 5.91 Å². The number of nitrogens with zero attached hydrogens (tertiary/aromatic N) is 2. The predicted octanol–water partition coefficient (Wildman–Crippen LogP) is 3.26. The fourth-order valence-corrected chi connectivity index (χ4v) is 2.86. The molecule has 128 valence electrons. The molecule has 0 atom stereocenters. The third kappa shape index (κ3) is 4.86. The number of rotatable bonds is 4. The third-order valence-electron chi connectivity index (χ3n) is 4.03. The van der Waals surface area contributed by atoms with Gasteiger partial charge in [-0.15, -0.1) is 12.4 Å². The maximum Gasteiger partial charge on any atom is 0.228 e. The number of hydrogen-bond donors (Lipinski definition) is 2. The van der Waals surface area contributed by atoms with E-state index in [1.54, 1.807) is 6.20 Å². The summed E-state index contributed by atoms with van der Waals surface area (Å²) in [6.07, 6.45) is 5.77. The zero-order valence-corrected chi connectivity index (χ0v) is 14.4. The minimum atomic E-state index is -0.0666. The molecule has 6 heteroatoms. The maximum absolute atomic E-state index is 12.1. The van der Waals surface area contributed by atoms with Crippen molar-refractivity contribution in [1.82, 2.24) is 4.98 Å². The average molecular weight is 347 g/mol. The molecule has 5 nitrogen and oxygen atoms in total. The first-order chi connectivity index (χ1) is 11.2. The lowest BCUT2D eigenvalue weighted by atomic mass is 10.1. The van der Waals surface area contributed by atoms with Gasteiger partial charge in [0.1, 0.15) is 5.82 Å². The van der Waals surface area contributed by atoms with Crippen LogP contribution in [0.4, 0.5) is 17.2 Å². The van der Waals surface area contributed by atoms with Gasteiger partial charge in [-0.25, -0.2) is 4.98 Å². The maximum atomic E-state index is 12.1. The number of anilines is 3. The van der Waals surface area contributed by atoms with Crippen molar-refractivity contribution >= 4 is 35.5 Å². The van der Waals surface area contributed by atoms with Crippen molar-refractivity contribution in [2.45, 2.75) is 25.7 Å². The van der Waals surface area contributed by atoms with Gasteiger partial charge in [0.05, 0.1) is 18.3 Å². The molecule has 0 aliphatic carbocycles. The molecule has 1 amide bonds. The fourth-order valence-electron chi connectivity index (χ4n) is 2.86. The van der Waals surface area contributed by atoms with Crippen LogP contribution in [0.1, 0.15) is 24.8 Å². The van der Waals surface area contributed by atoms with Crippen molar-refractivity contribution in [2.24, 2.45) is 0 Å². The molecule has 24 heavy (non-hydrogen) atoms. The summed E-state index contributed by atoms with van der Waals surface area (Å²) < 4.78 is 0. The lowest BCUT2D eigenvalue weighted by Crippen LogP contribution is -2.30. The van der Waals surface area contributed by atoms with Gasteiger partial charge >= 0.3 is 0 Å². The third-order valence-corrected chi connectivity index (χ3v) is 4.03. The van der Waals surface area contributed by atoms with Crippen LogP contribution in [-0.2, 0) is 11.2 Å². The number of benzene rings is 1. The van der Waals surface area contributed by atoms with E-state index in [2.05, 4.69) is 15.2 Å². The number of nitrogens with two attached hydrogens (primary N) is 1. The molecular weight excluding hydrogens is 324 g/mol. The zero-order chi connectivity index (χ0) is 16.1. The van der Waals surface area contributed by atoms with Gasteiger partial charge in [-0.3, -0.25) is 4.79 Å². The lowest BCUT2D eigenvalue weighted by molar-refractivity contribution is -0.115. The van der Waals surface area contributed by atoms with E-state index in [9.17, 15) is 4.79 Å². The second-order valence-corrected chi connectivity index (χ2v) is 5.92. The Morgan fingerprint density at radius 2 is 1.96 bits per heavy atom. The largest absolute Gasteiger partial charge is 0.399 e. The Labute approximate surface area is 148 Å². The number of piperidine rings is 1. The summed E-state index contributed by atoms with van der Waals surface area (Å²) in [6, 6.07) is 11.3. The van der Waals surface area contributed by atoms with Gasteiger partial charge in [-0.2, -0.15) is 0 Å². The van der Waals surface area contributed by atoms with Gasteiger partial charge in [-0.1, -0.05) is 12.1 Å². The van der Waals surface area contributed by atoms with Crippen molar-refractivity contribution < 1.29 is 4.79 Å². The normalized spacial score (nSPS) is 13.9. The predicted molar refractivity (Wildman–Crippen MR) is 101 cm³/mol. The number of pyridine rings is 1. The lowest BCUT2D eigenvalue weighted by Gasteiger charge is -2.27. The van der Waals surface area contributed by atoms with E-state index in [1.165, 1.54) is 19.3 Å². The first-order valence-corrected chi connectivity index (χ1v) is 8.06. The number of amides is 1. The number of carbonyl (C=O) groups is 1. The first-order valence-electron chi connectivity index (χ1n) is 8.06. The smallest absolute Gasteiger partial charge is 0.228 e. The summed E-state index contributed by atoms with van der Waals surface area (Å²) >= 11 is 0. The molecular formula is C18H23ClN4O. The molecule has 3 N–H and O–H groups in total. The summed E-state index contributed by atoms with van der Waals surface area (Å²) in [4.78, 5) is 18.9. The molecule has 1 aromatic carbocycles.